The zero-order valence-electron chi connectivity index (χ0n) is 8.76. The number of phosphoric acid groups is 2. The van der Waals surface area contributed by atoms with Gasteiger partial charge in [0.2, 0.25) is 34.8 Å². The van der Waals surface area contributed by atoms with Crippen molar-refractivity contribution in [1.82, 2.24) is 0 Å². The largest absolute Gasteiger partial charge is 0.536 e. The van der Waals surface area contributed by atoms with E-state index in [1.807, 2.05) is 0 Å². The Hall–Kier alpha value is -1.03. The van der Waals surface area contributed by atoms with Crippen LogP contribution in [0.4, 0.5) is 22.0 Å². The van der Waals surface area contributed by atoms with E-state index in [-0.39, 0.29) is 0 Å². The third-order valence-corrected chi connectivity index (χ3v) is 3.68. The first-order valence-corrected chi connectivity index (χ1v) is 7.19. The van der Waals surface area contributed by atoms with Crippen LogP contribution in [-0.4, -0.2) is 14.7 Å². The van der Waals surface area contributed by atoms with Crippen LogP contribution in [0.2, 0.25) is 0 Å². The summed E-state index contributed by atoms with van der Waals surface area (Å²) in [5.41, 5.74) is 0. The van der Waals surface area contributed by atoms with Gasteiger partial charge in [-0.25, -0.2) is 22.3 Å². The lowest BCUT2D eigenvalue weighted by Crippen LogP contribution is -2.06. The van der Waals surface area contributed by atoms with Gasteiger partial charge in [-0.2, -0.15) is 13.1 Å². The van der Waals surface area contributed by atoms with Gasteiger partial charge in [0.25, 0.3) is 0 Å². The Balaban J connectivity index is 3.30. The predicted octanol–water partition coefficient (Wildman–Crippen LogP) is 1.97. The molecule has 114 valence electrons. The molecule has 0 aromatic heterocycles. The molecule has 0 radical (unpaired) electrons. The molecule has 1 atom stereocenters. The second-order valence-electron chi connectivity index (χ2n) is 3.03. The minimum atomic E-state index is -5.84. The number of hydrogen-bond acceptors (Lipinski definition) is 4. The lowest BCUT2D eigenvalue weighted by molar-refractivity contribution is 0.222. The Bertz CT molecular complexity index is 614. The van der Waals surface area contributed by atoms with Gasteiger partial charge < -0.3 is 14.3 Å². The monoisotopic (exact) mass is 344 g/mol. The van der Waals surface area contributed by atoms with Gasteiger partial charge in [-0.15, -0.1) is 0 Å². The molecule has 0 aliphatic rings. The van der Waals surface area contributed by atoms with E-state index in [2.05, 4.69) is 8.83 Å². The maximum atomic E-state index is 13.0. The lowest BCUT2D eigenvalue weighted by atomic mass is 10.3. The first-order chi connectivity index (χ1) is 8.86. The molecule has 0 amide bonds. The fourth-order valence-electron chi connectivity index (χ4n) is 0.931. The molecule has 3 N–H and O–H groups in total. The van der Waals surface area contributed by atoms with Gasteiger partial charge in [0.15, 0.2) is 0 Å². The van der Waals surface area contributed by atoms with Crippen LogP contribution in [0.15, 0.2) is 0 Å². The van der Waals surface area contributed by atoms with Gasteiger partial charge in [-0.1, -0.05) is 0 Å². The van der Waals surface area contributed by atoms with Gasteiger partial charge in [-0.05, 0) is 0 Å². The molecule has 1 unspecified atom stereocenters. The molecule has 7 nitrogen and oxygen atoms in total. The summed E-state index contributed by atoms with van der Waals surface area (Å²) in [5.74, 6) is -15.0. The fourth-order valence-corrected chi connectivity index (χ4v) is 2.53. The minimum Gasteiger partial charge on any atom is -0.397 e. The van der Waals surface area contributed by atoms with E-state index in [0.717, 1.165) is 0 Å². The average Bonchev–Trinajstić information content (AvgIpc) is 2.26. The second kappa shape index (κ2) is 5.40. The van der Waals surface area contributed by atoms with E-state index in [1.54, 1.807) is 0 Å². The zero-order valence-corrected chi connectivity index (χ0v) is 10.5. The summed E-state index contributed by atoms with van der Waals surface area (Å²) >= 11 is 0. The summed E-state index contributed by atoms with van der Waals surface area (Å²) in [6.07, 6.45) is 0. The molecule has 0 heterocycles. The van der Waals surface area contributed by atoms with Gasteiger partial charge >= 0.3 is 15.6 Å². The molecule has 0 saturated carbocycles. The van der Waals surface area contributed by atoms with Crippen molar-refractivity contribution in [2.24, 2.45) is 0 Å². The van der Waals surface area contributed by atoms with Crippen molar-refractivity contribution in [2.75, 3.05) is 0 Å². The summed E-state index contributed by atoms with van der Waals surface area (Å²) < 4.78 is 91.9. The van der Waals surface area contributed by atoms with E-state index in [1.165, 1.54) is 0 Å². The molecule has 0 spiro atoms. The fraction of sp³-hybridized carbons (Fsp3) is 0. The topological polar surface area (TPSA) is 113 Å². The normalized spacial score (nSPS) is 15.0. The van der Waals surface area contributed by atoms with Crippen molar-refractivity contribution in [2.45, 2.75) is 0 Å². The predicted molar refractivity (Wildman–Crippen MR) is 49.8 cm³/mol. The van der Waals surface area contributed by atoms with Crippen molar-refractivity contribution < 1.29 is 54.6 Å². The Kier molecular flexibility index (Phi) is 4.59. The highest BCUT2D eigenvalue weighted by molar-refractivity contribution is 7.60. The Morgan fingerprint density at radius 1 is 0.750 bits per heavy atom. The Morgan fingerprint density at radius 3 is 1.45 bits per heavy atom. The van der Waals surface area contributed by atoms with Gasteiger partial charge in [-0.3, -0.25) is 4.89 Å². The van der Waals surface area contributed by atoms with E-state index in [0.29, 0.717) is 0 Å². The van der Waals surface area contributed by atoms with Crippen molar-refractivity contribution in [3.05, 3.63) is 29.1 Å². The third kappa shape index (κ3) is 3.75. The number of phosphoric ester groups is 1. The molecule has 0 aliphatic heterocycles. The molecule has 14 heteroatoms. The smallest absolute Gasteiger partial charge is 0.397 e. The van der Waals surface area contributed by atoms with Crippen LogP contribution in [0.3, 0.4) is 0 Å². The molecule has 1 aromatic carbocycles. The number of rotatable bonds is 4. The van der Waals surface area contributed by atoms with Crippen molar-refractivity contribution >= 4 is 15.6 Å². The highest BCUT2D eigenvalue weighted by Crippen LogP contribution is 2.57. The number of halogens is 5. The van der Waals surface area contributed by atoms with Crippen LogP contribution in [0.1, 0.15) is 0 Å². The summed E-state index contributed by atoms with van der Waals surface area (Å²) in [5, 5.41) is 0. The first-order valence-electron chi connectivity index (χ1n) is 4.16. The van der Waals surface area contributed by atoms with E-state index >= 15 is 0 Å². The highest BCUT2D eigenvalue weighted by Gasteiger charge is 2.38. The molecule has 0 bridgehead atoms. The summed E-state index contributed by atoms with van der Waals surface area (Å²) in [6.45, 7) is 0. The summed E-state index contributed by atoms with van der Waals surface area (Å²) in [7, 11) is -11.5. The van der Waals surface area contributed by atoms with Crippen LogP contribution >= 0.6 is 15.6 Å². The highest BCUT2D eigenvalue weighted by atomic mass is 31.3. The molecular formula is C6H3F5O7P2. The SMILES string of the molecule is O=P(O)(O)OP(=O)(O)Oc1c(F)c(F)c(F)c(F)c1F. The Morgan fingerprint density at radius 2 is 1.10 bits per heavy atom. The standard InChI is InChI=1S/C6H3F5O7P2/c7-1-2(8)4(10)6(5(11)3(1)9)17-20(15,16)18-19(12,13)14/h(H,15,16)(H2,12,13,14). The van der Waals surface area contributed by atoms with Crippen LogP contribution in [-0.2, 0) is 13.4 Å². The maximum Gasteiger partial charge on any atom is 0.536 e. The van der Waals surface area contributed by atoms with Crippen molar-refractivity contribution in [3.8, 4) is 5.75 Å². The maximum absolute atomic E-state index is 13.0. The van der Waals surface area contributed by atoms with Gasteiger partial charge in [0.1, 0.15) is 0 Å². The van der Waals surface area contributed by atoms with Crippen molar-refractivity contribution in [3.63, 3.8) is 0 Å². The zero-order chi connectivity index (χ0) is 15.9. The van der Waals surface area contributed by atoms with Crippen molar-refractivity contribution in [1.29, 1.82) is 0 Å². The summed E-state index contributed by atoms with van der Waals surface area (Å²) in [4.78, 5) is 25.2. The molecule has 0 aliphatic carbocycles. The van der Waals surface area contributed by atoms with E-state index < -0.39 is 50.5 Å². The molecule has 1 rings (SSSR count). The second-order valence-corrected chi connectivity index (χ2v) is 5.79. The summed E-state index contributed by atoms with van der Waals surface area (Å²) in [6, 6.07) is 0. The lowest BCUT2D eigenvalue weighted by Gasteiger charge is -2.14. The quantitative estimate of drug-likeness (QED) is 0.331. The van der Waals surface area contributed by atoms with Crippen LogP contribution in [0.25, 0.3) is 0 Å². The third-order valence-electron chi connectivity index (χ3n) is 1.59. The Labute approximate surface area is 106 Å². The molecular weight excluding hydrogens is 341 g/mol. The molecule has 20 heavy (non-hydrogen) atoms. The van der Waals surface area contributed by atoms with Crippen LogP contribution in [0, 0.1) is 29.1 Å². The number of hydrogen-bond donors (Lipinski definition) is 3. The van der Waals surface area contributed by atoms with Crippen LogP contribution in [0.5, 0.6) is 5.75 Å². The first kappa shape index (κ1) is 17.0. The molecule has 0 saturated heterocycles. The number of benzene rings is 1. The molecule has 0 fully saturated rings. The van der Waals surface area contributed by atoms with Crippen LogP contribution < -0.4 is 4.52 Å². The van der Waals surface area contributed by atoms with Gasteiger partial charge in [0, 0.05) is 0 Å². The van der Waals surface area contributed by atoms with Gasteiger partial charge in [0.05, 0.1) is 0 Å². The average molecular weight is 344 g/mol. The minimum absolute atomic E-state index is 2.22. The van der Waals surface area contributed by atoms with E-state index in [9.17, 15) is 31.1 Å². The molecule has 1 aromatic rings. The van der Waals surface area contributed by atoms with E-state index in [4.69, 9.17) is 14.7 Å².